The number of hydrogen-bond donors (Lipinski definition) is 0. The fourth-order valence-corrected chi connectivity index (χ4v) is 4.70. The fourth-order valence-electron chi connectivity index (χ4n) is 3.26. The van der Waals surface area contributed by atoms with Crippen LogP contribution in [0.4, 0.5) is 0 Å². The second-order valence-corrected chi connectivity index (χ2v) is 9.60. The number of amides is 1. The average molecular weight is 362 g/mol. The van der Waals surface area contributed by atoms with Gasteiger partial charge in [0.15, 0.2) is 0 Å². The Morgan fingerprint density at radius 1 is 1.23 bits per heavy atom. The number of nitrogens with zero attached hydrogens (tertiary/aromatic N) is 1. The minimum atomic E-state index is -3.56. The molecule has 1 aliphatic carbocycles. The summed E-state index contributed by atoms with van der Waals surface area (Å²) in [6.45, 7) is 1.12. The summed E-state index contributed by atoms with van der Waals surface area (Å²) in [4.78, 5) is 13.9. The molecule has 0 aromatic heterocycles. The monoisotopic (exact) mass is 361 g/mol. The lowest BCUT2D eigenvalue weighted by atomic mass is 9.95. The maximum Gasteiger partial charge on any atom is 0.232 e. The number of rotatable bonds is 5. The Kier molecular flexibility index (Phi) is 4.16. The molecule has 1 aromatic rings. The smallest absolute Gasteiger partial charge is 0.232 e. The van der Waals surface area contributed by atoms with Gasteiger partial charge in [-0.1, -0.05) is 23.7 Å². The van der Waals surface area contributed by atoms with Gasteiger partial charge in [-0.3, -0.25) is 4.79 Å². The summed E-state index contributed by atoms with van der Waals surface area (Å²) in [5.41, 5.74) is 1.20. The van der Waals surface area contributed by atoms with Gasteiger partial charge < -0.3 is 4.90 Å². The molecule has 0 spiro atoms. The predicted octanol–water partition coefficient (Wildman–Crippen LogP) is 2.79. The molecule has 1 heterocycles. The van der Waals surface area contributed by atoms with Gasteiger partial charge in [0.05, 0.1) is 5.75 Å². The first-order chi connectivity index (χ1) is 10.3. The predicted molar refractivity (Wildman–Crippen MR) is 86.7 cm³/mol. The molecule has 0 radical (unpaired) electrons. The van der Waals surface area contributed by atoms with Crippen molar-refractivity contribution < 1.29 is 13.2 Å². The van der Waals surface area contributed by atoms with Gasteiger partial charge in [-0.05, 0) is 30.5 Å². The molecular weight excluding hydrogens is 345 g/mol. The van der Waals surface area contributed by atoms with Crippen molar-refractivity contribution in [3.63, 3.8) is 0 Å². The Morgan fingerprint density at radius 2 is 1.86 bits per heavy atom. The van der Waals surface area contributed by atoms with Crippen LogP contribution in [0.15, 0.2) is 24.3 Å². The number of benzene rings is 1. The highest BCUT2D eigenvalue weighted by atomic mass is 35.7. The van der Waals surface area contributed by atoms with E-state index in [9.17, 15) is 13.2 Å². The lowest BCUT2D eigenvalue weighted by Crippen LogP contribution is -2.34. The first kappa shape index (κ1) is 16.1. The highest BCUT2D eigenvalue weighted by molar-refractivity contribution is 8.13. The zero-order valence-corrected chi connectivity index (χ0v) is 14.3. The van der Waals surface area contributed by atoms with Gasteiger partial charge >= 0.3 is 0 Å². The molecule has 3 rings (SSSR count). The summed E-state index contributed by atoms with van der Waals surface area (Å²) in [6.07, 6.45) is 2.34. The van der Waals surface area contributed by atoms with Crippen molar-refractivity contribution in [3.8, 4) is 0 Å². The van der Waals surface area contributed by atoms with E-state index in [1.807, 2.05) is 24.3 Å². The van der Waals surface area contributed by atoms with Crippen LogP contribution in [0.1, 0.15) is 24.8 Å². The minimum Gasteiger partial charge on any atom is -0.341 e. The highest BCUT2D eigenvalue weighted by Gasteiger charge is 2.47. The van der Waals surface area contributed by atoms with Crippen LogP contribution in [-0.4, -0.2) is 38.1 Å². The van der Waals surface area contributed by atoms with Crippen LogP contribution in [0.3, 0.4) is 0 Å². The molecule has 7 heteroatoms. The molecule has 1 aromatic carbocycles. The van der Waals surface area contributed by atoms with Gasteiger partial charge in [0.1, 0.15) is 0 Å². The number of likely N-dealkylation sites (tertiary alicyclic amines) is 1. The molecule has 1 saturated heterocycles. The van der Waals surface area contributed by atoms with Crippen LogP contribution in [0.5, 0.6) is 0 Å². The second-order valence-electron chi connectivity index (χ2n) is 6.34. The topological polar surface area (TPSA) is 54.5 Å². The molecule has 1 saturated carbocycles. The summed E-state index contributed by atoms with van der Waals surface area (Å²) in [5.74, 6) is -0.313. The average Bonchev–Trinajstić information content (AvgIpc) is 3.10. The Bertz CT molecular complexity index is 683. The Morgan fingerprint density at radius 3 is 2.41 bits per heavy atom. The summed E-state index contributed by atoms with van der Waals surface area (Å²) >= 11 is 5.92. The van der Waals surface area contributed by atoms with Crippen molar-refractivity contribution >= 4 is 37.2 Å². The largest absolute Gasteiger partial charge is 0.341 e. The van der Waals surface area contributed by atoms with Crippen molar-refractivity contribution in [2.45, 2.75) is 24.7 Å². The molecule has 1 unspecified atom stereocenters. The number of carbonyl (C=O) groups is 1. The third-order valence-corrected chi connectivity index (χ3v) is 6.03. The molecule has 0 N–H and O–H groups in total. The van der Waals surface area contributed by atoms with Gasteiger partial charge in [-0.25, -0.2) is 8.42 Å². The molecule has 2 fully saturated rings. The van der Waals surface area contributed by atoms with Crippen molar-refractivity contribution in [2.75, 3.05) is 18.8 Å². The minimum absolute atomic E-state index is 0.00891. The lowest BCUT2D eigenvalue weighted by Gasteiger charge is -2.24. The van der Waals surface area contributed by atoms with Crippen molar-refractivity contribution in [1.29, 1.82) is 0 Å². The SMILES string of the molecule is O=C1CC(CS(=O)(=O)Cl)CN1CC1(c2ccc(Cl)cc2)CC1. The van der Waals surface area contributed by atoms with Crippen LogP contribution in [0, 0.1) is 5.92 Å². The maximum atomic E-state index is 12.1. The summed E-state index contributed by atoms with van der Waals surface area (Å²) in [6, 6.07) is 7.75. The number of carbonyl (C=O) groups excluding carboxylic acids is 1. The highest BCUT2D eigenvalue weighted by Crippen LogP contribution is 2.49. The van der Waals surface area contributed by atoms with Crippen LogP contribution in [0.25, 0.3) is 0 Å². The molecule has 120 valence electrons. The summed E-state index contributed by atoms with van der Waals surface area (Å²) in [5, 5.41) is 0.698. The van der Waals surface area contributed by atoms with E-state index >= 15 is 0 Å². The van der Waals surface area contributed by atoms with Crippen LogP contribution < -0.4 is 0 Å². The van der Waals surface area contributed by atoms with E-state index in [1.54, 1.807) is 4.90 Å². The molecule has 1 amide bonds. The third kappa shape index (κ3) is 3.58. The summed E-state index contributed by atoms with van der Waals surface area (Å²) in [7, 11) is 1.73. The van der Waals surface area contributed by atoms with E-state index in [2.05, 4.69) is 0 Å². The van der Waals surface area contributed by atoms with Gasteiger partial charge in [-0.2, -0.15) is 0 Å². The summed E-state index contributed by atoms with van der Waals surface area (Å²) < 4.78 is 22.3. The van der Waals surface area contributed by atoms with Crippen molar-refractivity contribution in [2.24, 2.45) is 5.92 Å². The number of hydrogen-bond acceptors (Lipinski definition) is 3. The van der Waals surface area contributed by atoms with Gasteiger partial charge in [0, 0.05) is 46.5 Å². The van der Waals surface area contributed by atoms with Gasteiger partial charge in [0.25, 0.3) is 0 Å². The first-order valence-corrected chi connectivity index (χ1v) is 10.1. The molecule has 1 aliphatic heterocycles. The molecular formula is C15H17Cl2NO3S. The van der Waals surface area contributed by atoms with Crippen molar-refractivity contribution in [1.82, 2.24) is 4.90 Å². The van der Waals surface area contributed by atoms with Crippen LogP contribution in [-0.2, 0) is 19.3 Å². The van der Waals surface area contributed by atoms with E-state index in [0.29, 0.717) is 18.1 Å². The zero-order chi connectivity index (χ0) is 16.0. The van der Waals surface area contributed by atoms with E-state index in [0.717, 1.165) is 12.8 Å². The molecule has 2 aliphatic rings. The molecule has 1 atom stereocenters. The van der Waals surface area contributed by atoms with Crippen LogP contribution >= 0.6 is 22.3 Å². The first-order valence-electron chi connectivity index (χ1n) is 7.24. The third-order valence-electron chi connectivity index (χ3n) is 4.53. The molecule has 22 heavy (non-hydrogen) atoms. The second kappa shape index (κ2) is 5.69. The van der Waals surface area contributed by atoms with Gasteiger partial charge in [-0.15, -0.1) is 0 Å². The maximum absolute atomic E-state index is 12.1. The van der Waals surface area contributed by atoms with E-state index in [-0.39, 0.29) is 29.4 Å². The standard InChI is InChI=1S/C15H17Cl2NO3S/c16-13-3-1-12(2-4-13)15(5-6-15)10-18-8-11(7-14(18)19)9-22(17,20)21/h1-4,11H,5-10H2. The van der Waals surface area contributed by atoms with Crippen LogP contribution in [0.2, 0.25) is 5.02 Å². The fraction of sp³-hybridized carbons (Fsp3) is 0.533. The Hall–Kier alpha value is -0.780. The van der Waals surface area contributed by atoms with E-state index < -0.39 is 9.05 Å². The van der Waals surface area contributed by atoms with E-state index in [1.165, 1.54) is 5.56 Å². The lowest BCUT2D eigenvalue weighted by molar-refractivity contribution is -0.128. The van der Waals surface area contributed by atoms with Gasteiger partial charge in [0.2, 0.25) is 15.0 Å². The normalized spacial score (nSPS) is 23.8. The Labute approximate surface area is 139 Å². The quantitative estimate of drug-likeness (QED) is 0.757. The van der Waals surface area contributed by atoms with Crippen molar-refractivity contribution in [3.05, 3.63) is 34.9 Å². The number of halogens is 2. The molecule has 0 bridgehead atoms. The van der Waals surface area contributed by atoms with E-state index in [4.69, 9.17) is 22.3 Å². The molecule has 4 nitrogen and oxygen atoms in total. The zero-order valence-electron chi connectivity index (χ0n) is 12.0. The Balaban J connectivity index is 1.68.